The number of hydrogen-bond acceptors (Lipinski definition) is 4. The molecule has 0 aromatic carbocycles. The fourth-order valence-electron chi connectivity index (χ4n) is 1.74. The van der Waals surface area contributed by atoms with Crippen LogP contribution in [0.5, 0.6) is 0 Å². The number of anilines is 1. The van der Waals surface area contributed by atoms with E-state index in [1.54, 1.807) is 0 Å². The van der Waals surface area contributed by atoms with Gasteiger partial charge in [-0.3, -0.25) is 0 Å². The zero-order chi connectivity index (χ0) is 12.3. The molecule has 4 nitrogen and oxygen atoms in total. The molecule has 0 spiro atoms. The molecule has 2 rings (SSSR count). The fourth-order valence-corrected chi connectivity index (χ4v) is 1.74. The van der Waals surface area contributed by atoms with Crippen LogP contribution >= 0.6 is 0 Å². The van der Waals surface area contributed by atoms with Crippen LogP contribution < -0.4 is 10.6 Å². The molecule has 0 aliphatic carbocycles. The second-order valence-electron chi connectivity index (χ2n) is 3.95. The molecule has 1 aromatic rings. The Bertz CT molecular complexity index is 374. The summed E-state index contributed by atoms with van der Waals surface area (Å²) in [6, 6.07) is 0.955. The van der Waals surface area contributed by atoms with Crippen LogP contribution in [0.15, 0.2) is 12.3 Å². The normalized spacial score (nSPS) is 21.2. The number of piperidine rings is 1. The Hall–Kier alpha value is -1.37. The lowest BCUT2D eigenvalue weighted by Gasteiger charge is -2.23. The van der Waals surface area contributed by atoms with E-state index in [9.17, 15) is 13.2 Å². The number of nitrogens with one attached hydrogen (secondary N) is 2. The average Bonchev–Trinajstić information content (AvgIpc) is 2.29. The lowest BCUT2D eigenvalue weighted by molar-refractivity contribution is -0.141. The van der Waals surface area contributed by atoms with Gasteiger partial charge < -0.3 is 10.6 Å². The first-order chi connectivity index (χ1) is 8.05. The van der Waals surface area contributed by atoms with Crippen molar-refractivity contribution in [2.45, 2.75) is 25.1 Å². The van der Waals surface area contributed by atoms with E-state index in [0.29, 0.717) is 0 Å². The Morgan fingerprint density at radius 1 is 1.41 bits per heavy atom. The van der Waals surface area contributed by atoms with Crippen LogP contribution in [-0.4, -0.2) is 29.1 Å². The molecule has 1 aromatic heterocycles. The number of nitrogens with zero attached hydrogens (tertiary/aromatic N) is 2. The second kappa shape index (κ2) is 4.87. The van der Waals surface area contributed by atoms with Crippen LogP contribution in [0.3, 0.4) is 0 Å². The molecule has 1 unspecified atom stereocenters. The van der Waals surface area contributed by atoms with Crippen LogP contribution in [0.25, 0.3) is 0 Å². The van der Waals surface area contributed by atoms with Crippen molar-refractivity contribution in [2.24, 2.45) is 0 Å². The van der Waals surface area contributed by atoms with E-state index in [2.05, 4.69) is 20.6 Å². The van der Waals surface area contributed by atoms with E-state index in [-0.39, 0.29) is 12.0 Å². The van der Waals surface area contributed by atoms with E-state index < -0.39 is 11.9 Å². The van der Waals surface area contributed by atoms with Crippen molar-refractivity contribution in [1.82, 2.24) is 15.3 Å². The number of halogens is 3. The molecule has 7 heteroatoms. The smallest absolute Gasteiger partial charge is 0.350 e. The van der Waals surface area contributed by atoms with Crippen molar-refractivity contribution in [3.05, 3.63) is 18.0 Å². The SMILES string of the molecule is FC(F)(F)c1ccnc(NC2CCCNC2)n1. The fraction of sp³-hybridized carbons (Fsp3) is 0.600. The van der Waals surface area contributed by atoms with E-state index in [0.717, 1.165) is 38.2 Å². The highest BCUT2D eigenvalue weighted by molar-refractivity contribution is 5.28. The summed E-state index contributed by atoms with van der Waals surface area (Å²) in [4.78, 5) is 7.26. The van der Waals surface area contributed by atoms with Crippen molar-refractivity contribution in [3.63, 3.8) is 0 Å². The lowest BCUT2D eigenvalue weighted by Crippen LogP contribution is -2.38. The Morgan fingerprint density at radius 2 is 2.24 bits per heavy atom. The average molecular weight is 246 g/mol. The molecule has 0 bridgehead atoms. The largest absolute Gasteiger partial charge is 0.433 e. The van der Waals surface area contributed by atoms with Gasteiger partial charge >= 0.3 is 6.18 Å². The second-order valence-corrected chi connectivity index (χ2v) is 3.95. The van der Waals surface area contributed by atoms with Gasteiger partial charge in [-0.15, -0.1) is 0 Å². The quantitative estimate of drug-likeness (QED) is 0.833. The van der Waals surface area contributed by atoms with Gasteiger partial charge in [0.1, 0.15) is 5.69 Å². The van der Waals surface area contributed by atoms with Gasteiger partial charge in [-0.1, -0.05) is 0 Å². The predicted octanol–water partition coefficient (Wildman–Crippen LogP) is 1.66. The third kappa shape index (κ3) is 3.29. The molecule has 0 saturated carbocycles. The van der Waals surface area contributed by atoms with E-state index in [1.807, 2.05) is 0 Å². The molecule has 2 N–H and O–H groups in total. The molecular formula is C10H13F3N4. The molecule has 0 radical (unpaired) electrons. The molecule has 1 aliphatic rings. The van der Waals surface area contributed by atoms with Crippen molar-refractivity contribution >= 4 is 5.95 Å². The molecule has 94 valence electrons. The van der Waals surface area contributed by atoms with Crippen molar-refractivity contribution in [3.8, 4) is 0 Å². The summed E-state index contributed by atoms with van der Waals surface area (Å²) in [5.41, 5.74) is -0.918. The zero-order valence-corrected chi connectivity index (χ0v) is 9.09. The lowest BCUT2D eigenvalue weighted by atomic mass is 10.1. The maximum Gasteiger partial charge on any atom is 0.433 e. The van der Waals surface area contributed by atoms with Gasteiger partial charge in [0, 0.05) is 18.8 Å². The minimum atomic E-state index is -4.43. The van der Waals surface area contributed by atoms with E-state index in [1.165, 1.54) is 0 Å². The van der Waals surface area contributed by atoms with Gasteiger partial charge in [0.15, 0.2) is 0 Å². The maximum absolute atomic E-state index is 12.4. The molecule has 1 fully saturated rings. The van der Waals surface area contributed by atoms with Crippen LogP contribution in [0, 0.1) is 0 Å². The van der Waals surface area contributed by atoms with Gasteiger partial charge in [-0.2, -0.15) is 13.2 Å². The number of alkyl halides is 3. The first-order valence-corrected chi connectivity index (χ1v) is 5.43. The first kappa shape index (κ1) is 12.1. The van der Waals surface area contributed by atoms with Gasteiger partial charge in [0.25, 0.3) is 0 Å². The van der Waals surface area contributed by atoms with Gasteiger partial charge in [-0.25, -0.2) is 9.97 Å². The highest BCUT2D eigenvalue weighted by Crippen LogP contribution is 2.27. The topological polar surface area (TPSA) is 49.8 Å². The molecular weight excluding hydrogens is 233 g/mol. The number of aromatic nitrogens is 2. The van der Waals surface area contributed by atoms with Crippen LogP contribution in [0.1, 0.15) is 18.5 Å². The van der Waals surface area contributed by atoms with Gasteiger partial charge in [0.2, 0.25) is 5.95 Å². The summed E-state index contributed by atoms with van der Waals surface area (Å²) in [5, 5.41) is 6.07. The van der Waals surface area contributed by atoms with Crippen molar-refractivity contribution in [1.29, 1.82) is 0 Å². The van der Waals surface area contributed by atoms with Crippen LogP contribution in [-0.2, 0) is 6.18 Å². The highest BCUT2D eigenvalue weighted by Gasteiger charge is 2.32. The summed E-state index contributed by atoms with van der Waals surface area (Å²) in [6.45, 7) is 1.67. The molecule has 1 saturated heterocycles. The van der Waals surface area contributed by atoms with Gasteiger partial charge in [0.05, 0.1) is 0 Å². The zero-order valence-electron chi connectivity index (χ0n) is 9.09. The van der Waals surface area contributed by atoms with Crippen LogP contribution in [0.4, 0.5) is 19.1 Å². The summed E-state index contributed by atoms with van der Waals surface area (Å²) in [6.07, 6.45) is -1.40. The third-order valence-corrected chi connectivity index (χ3v) is 2.58. The Balaban J connectivity index is 2.05. The minimum absolute atomic E-state index is 0.0357. The molecule has 1 aliphatic heterocycles. The number of rotatable bonds is 2. The Labute approximate surface area is 96.7 Å². The van der Waals surface area contributed by atoms with Gasteiger partial charge in [-0.05, 0) is 25.5 Å². The summed E-state index contributed by atoms with van der Waals surface area (Å²) in [7, 11) is 0. The molecule has 2 heterocycles. The van der Waals surface area contributed by atoms with E-state index >= 15 is 0 Å². The molecule has 1 atom stereocenters. The van der Waals surface area contributed by atoms with Crippen molar-refractivity contribution in [2.75, 3.05) is 18.4 Å². The summed E-state index contributed by atoms with van der Waals surface area (Å²) in [5.74, 6) is 0.0357. The molecule has 17 heavy (non-hydrogen) atoms. The maximum atomic E-state index is 12.4. The Morgan fingerprint density at radius 3 is 2.88 bits per heavy atom. The monoisotopic (exact) mass is 246 g/mol. The van der Waals surface area contributed by atoms with E-state index in [4.69, 9.17) is 0 Å². The standard InChI is InChI=1S/C10H13F3N4/c11-10(12,13)8-3-5-15-9(17-8)16-7-2-1-4-14-6-7/h3,5,7,14H,1-2,4,6H2,(H,15,16,17). The molecule has 0 amide bonds. The summed E-state index contributed by atoms with van der Waals surface area (Å²) < 4.78 is 37.2. The minimum Gasteiger partial charge on any atom is -0.350 e. The number of hydrogen-bond donors (Lipinski definition) is 2. The predicted molar refractivity (Wildman–Crippen MR) is 56.5 cm³/mol. The van der Waals surface area contributed by atoms with Crippen LogP contribution in [0.2, 0.25) is 0 Å². The van der Waals surface area contributed by atoms with Crippen molar-refractivity contribution < 1.29 is 13.2 Å². The first-order valence-electron chi connectivity index (χ1n) is 5.43. The summed E-state index contributed by atoms with van der Waals surface area (Å²) >= 11 is 0. The third-order valence-electron chi connectivity index (χ3n) is 2.58. The highest BCUT2D eigenvalue weighted by atomic mass is 19.4. The Kier molecular flexibility index (Phi) is 3.46.